The second-order valence-corrected chi connectivity index (χ2v) is 8.99. The van der Waals surface area contributed by atoms with Gasteiger partial charge in [0.25, 0.3) is 0 Å². The summed E-state index contributed by atoms with van der Waals surface area (Å²) in [6.45, 7) is 2.63. The third kappa shape index (κ3) is 6.06. The van der Waals surface area contributed by atoms with Crippen LogP contribution in [0.3, 0.4) is 0 Å². The lowest BCUT2D eigenvalue weighted by Crippen LogP contribution is -2.78. The van der Waals surface area contributed by atoms with Crippen LogP contribution in [0.2, 0.25) is 0 Å². The monoisotopic (exact) mass is 778 g/mol. The van der Waals surface area contributed by atoms with Gasteiger partial charge in [-0.3, -0.25) is 0 Å². The number of aliphatic hydroxyl groups is 1. The van der Waals surface area contributed by atoms with Crippen LogP contribution >= 0.6 is 0 Å². The van der Waals surface area contributed by atoms with Crippen molar-refractivity contribution in [3.05, 3.63) is 12.7 Å². The predicted octanol–water partition coefficient (Wildman–Crippen LogP) is 8.34. The molecule has 0 aromatic carbocycles. The Morgan fingerprint density at radius 1 is 0.500 bits per heavy atom. The number of rotatable bonds is 16. The van der Waals surface area contributed by atoms with Gasteiger partial charge in [-0.05, 0) is 0 Å². The summed E-state index contributed by atoms with van der Waals surface area (Å²) >= 11 is 0. The summed E-state index contributed by atoms with van der Waals surface area (Å²) in [5.74, 6) is -106. The zero-order valence-electron chi connectivity index (χ0n) is 21.8. The molecule has 0 aliphatic heterocycles. The first-order valence-corrected chi connectivity index (χ1v) is 10.8. The van der Waals surface area contributed by atoms with E-state index in [2.05, 4.69) is 16.1 Å². The standard InChI is InChI=1S/C19H11F25O4/c1-3-6(45)48-8(46,47-2)5-4-7(20,21)9(22,23)10(24,25)11(26,27)12(28,29)13(30,31)14(32,33)15(34,35)16(36,37)17(38,39)18(40,41)19(42,43)44/h3,46H,1,4-5H2,2H3. The fraction of sp³-hybridized carbons (Fsp3) is 0.842. The van der Waals surface area contributed by atoms with Crippen LogP contribution in [0.4, 0.5) is 110 Å². The van der Waals surface area contributed by atoms with Crippen LogP contribution in [0.15, 0.2) is 12.7 Å². The van der Waals surface area contributed by atoms with Crippen LogP contribution < -0.4 is 0 Å². The van der Waals surface area contributed by atoms with Crippen molar-refractivity contribution in [3.63, 3.8) is 0 Å². The molecule has 0 aromatic rings. The zero-order valence-corrected chi connectivity index (χ0v) is 21.8. The topological polar surface area (TPSA) is 55.8 Å². The van der Waals surface area contributed by atoms with E-state index in [1.54, 1.807) is 0 Å². The molecule has 0 bridgehead atoms. The van der Waals surface area contributed by atoms with Gasteiger partial charge in [0.1, 0.15) is 0 Å². The van der Waals surface area contributed by atoms with Crippen molar-refractivity contribution < 1.29 is 129 Å². The number of halogens is 25. The van der Waals surface area contributed by atoms with Crippen molar-refractivity contribution in [2.45, 2.75) is 90.1 Å². The quantitative estimate of drug-likeness (QED) is 0.0742. The summed E-state index contributed by atoms with van der Waals surface area (Å²) in [4.78, 5) is 11.0. The molecule has 0 aromatic heterocycles. The third-order valence-electron chi connectivity index (χ3n) is 5.87. The lowest BCUT2D eigenvalue weighted by atomic mass is 9.84. The van der Waals surface area contributed by atoms with Gasteiger partial charge < -0.3 is 14.6 Å². The first kappa shape index (κ1) is 45.4. The number of carbonyl (C=O) groups excluding carboxylic acids is 1. The van der Waals surface area contributed by atoms with Crippen LogP contribution in [0.25, 0.3) is 0 Å². The van der Waals surface area contributed by atoms with Crippen molar-refractivity contribution >= 4 is 5.97 Å². The molecule has 0 saturated carbocycles. The van der Waals surface area contributed by atoms with Gasteiger partial charge in [-0.25, -0.2) is 4.79 Å². The summed E-state index contributed by atoms with van der Waals surface area (Å²) < 4.78 is 344. The molecular weight excluding hydrogens is 767 g/mol. The van der Waals surface area contributed by atoms with Crippen molar-refractivity contribution in [3.8, 4) is 0 Å². The van der Waals surface area contributed by atoms with Crippen molar-refractivity contribution in [1.29, 1.82) is 0 Å². The molecule has 29 heteroatoms. The van der Waals surface area contributed by atoms with Gasteiger partial charge in [0.2, 0.25) is 0 Å². The van der Waals surface area contributed by atoms with E-state index in [9.17, 15) is 120 Å². The molecule has 0 heterocycles. The number of hydrogen-bond acceptors (Lipinski definition) is 4. The minimum Gasteiger partial charge on any atom is -0.405 e. The van der Waals surface area contributed by atoms with Crippen LogP contribution in [0, 0.1) is 0 Å². The molecule has 1 unspecified atom stereocenters. The minimum absolute atomic E-state index is 0.0475. The fourth-order valence-electron chi connectivity index (χ4n) is 2.85. The maximum absolute atomic E-state index is 14.0. The Morgan fingerprint density at radius 3 is 0.979 bits per heavy atom. The fourth-order valence-corrected chi connectivity index (χ4v) is 2.85. The molecule has 1 N–H and O–H groups in total. The maximum Gasteiger partial charge on any atom is 0.460 e. The minimum atomic E-state index is -9.68. The highest BCUT2D eigenvalue weighted by atomic mass is 19.4. The summed E-state index contributed by atoms with van der Waals surface area (Å²) in [5, 5.41) is 9.51. The van der Waals surface area contributed by atoms with Gasteiger partial charge in [0.15, 0.2) is 0 Å². The van der Waals surface area contributed by atoms with Crippen molar-refractivity contribution in [1.82, 2.24) is 0 Å². The van der Waals surface area contributed by atoms with Gasteiger partial charge in [-0.2, -0.15) is 110 Å². The highest BCUT2D eigenvalue weighted by Gasteiger charge is 2.99. The highest BCUT2D eigenvalue weighted by molar-refractivity contribution is 5.81. The number of carbonyl (C=O) groups is 1. The van der Waals surface area contributed by atoms with E-state index in [0.717, 1.165) is 0 Å². The van der Waals surface area contributed by atoms with Gasteiger partial charge >= 0.3 is 83.3 Å². The molecule has 0 aliphatic carbocycles. The molecule has 0 aliphatic rings. The Bertz CT molecular complexity index is 1190. The molecule has 48 heavy (non-hydrogen) atoms. The summed E-state index contributed by atoms with van der Waals surface area (Å²) in [6, 6.07) is 0. The lowest BCUT2D eigenvalue weighted by molar-refractivity contribution is -0.482. The molecule has 0 radical (unpaired) electrons. The van der Waals surface area contributed by atoms with Crippen LogP contribution in [0.5, 0.6) is 0 Å². The molecule has 0 fully saturated rings. The van der Waals surface area contributed by atoms with Crippen molar-refractivity contribution in [2.24, 2.45) is 0 Å². The number of esters is 1. The highest BCUT2D eigenvalue weighted by Crippen LogP contribution is 2.68. The first-order chi connectivity index (χ1) is 20.5. The van der Waals surface area contributed by atoms with E-state index in [4.69, 9.17) is 0 Å². The zero-order chi connectivity index (χ0) is 39.6. The molecule has 0 saturated heterocycles. The van der Waals surface area contributed by atoms with Gasteiger partial charge in [-0.15, -0.1) is 0 Å². The van der Waals surface area contributed by atoms with Gasteiger partial charge in [-0.1, -0.05) is 6.58 Å². The van der Waals surface area contributed by atoms with E-state index < -0.39 is 96.1 Å². The van der Waals surface area contributed by atoms with E-state index in [1.165, 1.54) is 0 Å². The average molecular weight is 778 g/mol. The smallest absolute Gasteiger partial charge is 0.405 e. The number of methoxy groups -OCH3 is 1. The van der Waals surface area contributed by atoms with Crippen LogP contribution in [0.1, 0.15) is 12.8 Å². The number of hydrogen-bond donors (Lipinski definition) is 1. The molecule has 1 atom stereocenters. The Labute approximate surface area is 246 Å². The molecule has 0 spiro atoms. The lowest BCUT2D eigenvalue weighted by Gasteiger charge is -2.45. The summed E-state index contributed by atoms with van der Waals surface area (Å²) in [6.07, 6.45) is -14.0. The van der Waals surface area contributed by atoms with Crippen LogP contribution in [-0.2, 0) is 14.3 Å². The Balaban J connectivity index is 7.17. The Morgan fingerprint density at radius 2 is 0.750 bits per heavy atom. The van der Waals surface area contributed by atoms with Crippen LogP contribution in [-0.4, -0.2) is 95.5 Å². The van der Waals surface area contributed by atoms with Crippen molar-refractivity contribution in [2.75, 3.05) is 7.11 Å². The molecule has 0 rings (SSSR count). The molecular formula is C19H11F25O4. The number of ether oxygens (including phenoxy) is 2. The van der Waals surface area contributed by atoms with E-state index in [0.29, 0.717) is 0 Å². The first-order valence-electron chi connectivity index (χ1n) is 10.8. The largest absolute Gasteiger partial charge is 0.460 e. The predicted molar refractivity (Wildman–Crippen MR) is 98.0 cm³/mol. The molecule has 286 valence electrons. The van der Waals surface area contributed by atoms with E-state index >= 15 is 0 Å². The van der Waals surface area contributed by atoms with E-state index in [-0.39, 0.29) is 13.2 Å². The SMILES string of the molecule is C=CC(=O)OC(O)(CCC(F)(F)C(F)(F)C(F)(F)C(F)(F)C(F)(F)C(F)(F)C(F)(F)C(F)(F)C(F)(F)C(F)(F)C(F)(F)C(F)(F)F)OC. The van der Waals surface area contributed by atoms with E-state index in [1.807, 2.05) is 0 Å². The summed E-state index contributed by atoms with van der Waals surface area (Å²) in [7, 11) is 0.150. The second-order valence-electron chi connectivity index (χ2n) is 8.99. The van der Waals surface area contributed by atoms with Gasteiger partial charge in [0.05, 0.1) is 0 Å². The average Bonchev–Trinajstić information content (AvgIpc) is 2.90. The second kappa shape index (κ2) is 12.0. The molecule has 4 nitrogen and oxygen atoms in total. The Hall–Kier alpha value is -2.62. The maximum atomic E-state index is 14.0. The number of alkyl halides is 25. The molecule has 0 amide bonds. The normalized spacial score (nSPS) is 17.2. The Kier molecular flexibility index (Phi) is 11.4. The van der Waals surface area contributed by atoms with Gasteiger partial charge in [0, 0.05) is 26.0 Å². The summed E-state index contributed by atoms with van der Waals surface area (Å²) in [5.41, 5.74) is 0. The third-order valence-corrected chi connectivity index (χ3v) is 5.87.